The lowest BCUT2D eigenvalue weighted by atomic mass is 10.1. The molecule has 0 aromatic heterocycles. The van der Waals surface area contributed by atoms with Crippen molar-refractivity contribution >= 4 is 18.3 Å². The molecule has 1 N–H and O–H groups in total. The molecule has 0 radical (unpaired) electrons. The van der Waals surface area contributed by atoms with Gasteiger partial charge in [-0.25, -0.2) is 4.39 Å². The van der Waals surface area contributed by atoms with Crippen LogP contribution in [0.5, 0.6) is 5.75 Å². The zero-order valence-electron chi connectivity index (χ0n) is 10.8. The molecule has 1 aromatic rings. The molecule has 1 aliphatic rings. The number of hydrogen-bond acceptors (Lipinski definition) is 3. The standard InChI is InChI=1S/C13H17FN2O2.ClH/c1-18-12-9-10(3-4-11(12)14)13(17)16-7-2-5-15-6-8-16;/h3-4,9,15H,2,5-8H2,1H3;1H. The first-order valence-electron chi connectivity index (χ1n) is 6.06. The Bertz CT molecular complexity index is 435. The lowest BCUT2D eigenvalue weighted by Crippen LogP contribution is -2.34. The highest BCUT2D eigenvalue weighted by Crippen LogP contribution is 2.19. The van der Waals surface area contributed by atoms with Gasteiger partial charge in [0.2, 0.25) is 0 Å². The summed E-state index contributed by atoms with van der Waals surface area (Å²) in [5.74, 6) is -0.419. The summed E-state index contributed by atoms with van der Waals surface area (Å²) in [5.41, 5.74) is 0.468. The summed E-state index contributed by atoms with van der Waals surface area (Å²) in [6, 6.07) is 4.22. The van der Waals surface area contributed by atoms with Gasteiger partial charge in [-0.15, -0.1) is 12.4 Å². The zero-order valence-corrected chi connectivity index (χ0v) is 11.6. The molecule has 19 heavy (non-hydrogen) atoms. The van der Waals surface area contributed by atoms with Crippen LogP contribution in [0.15, 0.2) is 18.2 Å². The Morgan fingerprint density at radius 2 is 2.16 bits per heavy atom. The minimum absolute atomic E-state index is 0. The van der Waals surface area contributed by atoms with Crippen LogP contribution in [0.1, 0.15) is 16.8 Å². The molecule has 1 amide bonds. The van der Waals surface area contributed by atoms with Gasteiger partial charge < -0.3 is 15.0 Å². The quantitative estimate of drug-likeness (QED) is 0.900. The van der Waals surface area contributed by atoms with E-state index in [1.165, 1.54) is 25.3 Å². The van der Waals surface area contributed by atoms with Crippen molar-refractivity contribution in [3.8, 4) is 5.75 Å². The summed E-state index contributed by atoms with van der Waals surface area (Å²) in [5, 5.41) is 3.24. The lowest BCUT2D eigenvalue weighted by molar-refractivity contribution is 0.0766. The third-order valence-electron chi connectivity index (χ3n) is 3.03. The van der Waals surface area contributed by atoms with Crippen molar-refractivity contribution in [3.63, 3.8) is 0 Å². The molecule has 1 aliphatic heterocycles. The molecule has 2 rings (SSSR count). The molecule has 0 saturated carbocycles. The average molecular weight is 289 g/mol. The smallest absolute Gasteiger partial charge is 0.254 e. The number of hydrogen-bond donors (Lipinski definition) is 1. The van der Waals surface area contributed by atoms with E-state index < -0.39 is 5.82 Å². The number of methoxy groups -OCH3 is 1. The van der Waals surface area contributed by atoms with Gasteiger partial charge in [-0.2, -0.15) is 0 Å². The van der Waals surface area contributed by atoms with Gasteiger partial charge >= 0.3 is 0 Å². The summed E-state index contributed by atoms with van der Waals surface area (Å²) in [7, 11) is 1.39. The van der Waals surface area contributed by atoms with Gasteiger partial charge in [0.05, 0.1) is 7.11 Å². The molecular weight excluding hydrogens is 271 g/mol. The van der Waals surface area contributed by atoms with Crippen molar-refractivity contribution in [3.05, 3.63) is 29.6 Å². The molecular formula is C13H18ClFN2O2. The number of amides is 1. The first kappa shape index (κ1) is 15.7. The number of carbonyl (C=O) groups excluding carboxylic acids is 1. The highest BCUT2D eigenvalue weighted by Gasteiger charge is 2.18. The van der Waals surface area contributed by atoms with E-state index in [9.17, 15) is 9.18 Å². The van der Waals surface area contributed by atoms with E-state index in [1.54, 1.807) is 4.90 Å². The summed E-state index contributed by atoms with van der Waals surface area (Å²) in [6.45, 7) is 3.13. The molecule has 1 fully saturated rings. The first-order valence-corrected chi connectivity index (χ1v) is 6.06. The van der Waals surface area contributed by atoms with Gasteiger partial charge in [0.1, 0.15) is 0 Å². The van der Waals surface area contributed by atoms with Gasteiger partial charge in [-0.3, -0.25) is 4.79 Å². The minimum atomic E-state index is -0.452. The SMILES string of the molecule is COc1cc(C(=O)N2CCCNCC2)ccc1F.Cl. The monoisotopic (exact) mass is 288 g/mol. The maximum Gasteiger partial charge on any atom is 0.254 e. The molecule has 4 nitrogen and oxygen atoms in total. The second-order valence-corrected chi connectivity index (χ2v) is 4.25. The van der Waals surface area contributed by atoms with E-state index in [1.807, 2.05) is 0 Å². The largest absolute Gasteiger partial charge is 0.494 e. The van der Waals surface area contributed by atoms with E-state index in [2.05, 4.69) is 5.32 Å². The molecule has 1 aromatic carbocycles. The second kappa shape index (κ2) is 7.31. The number of halogens is 2. The van der Waals surface area contributed by atoms with Crippen molar-refractivity contribution < 1.29 is 13.9 Å². The van der Waals surface area contributed by atoms with Gasteiger partial charge in [0, 0.05) is 25.2 Å². The topological polar surface area (TPSA) is 41.6 Å². The number of nitrogens with zero attached hydrogens (tertiary/aromatic N) is 1. The molecule has 0 atom stereocenters. The number of nitrogens with one attached hydrogen (secondary N) is 1. The summed E-state index contributed by atoms with van der Waals surface area (Å²) in [6.07, 6.45) is 0.935. The maximum atomic E-state index is 13.3. The minimum Gasteiger partial charge on any atom is -0.494 e. The predicted molar refractivity (Wildman–Crippen MR) is 73.6 cm³/mol. The first-order chi connectivity index (χ1) is 8.72. The van der Waals surface area contributed by atoms with Gasteiger partial charge in [0.25, 0.3) is 5.91 Å². The fourth-order valence-electron chi connectivity index (χ4n) is 2.02. The second-order valence-electron chi connectivity index (χ2n) is 4.25. The molecule has 1 saturated heterocycles. The Labute approximate surface area is 118 Å². The number of benzene rings is 1. The Kier molecular flexibility index (Phi) is 6.05. The molecule has 0 unspecified atom stereocenters. The van der Waals surface area contributed by atoms with Gasteiger partial charge in [-0.1, -0.05) is 0 Å². The maximum absolute atomic E-state index is 13.3. The summed E-state index contributed by atoms with van der Waals surface area (Å²) >= 11 is 0. The van der Waals surface area contributed by atoms with Crippen molar-refractivity contribution in [2.75, 3.05) is 33.3 Å². The van der Waals surface area contributed by atoms with Crippen LogP contribution in [0.3, 0.4) is 0 Å². The van der Waals surface area contributed by atoms with Crippen LogP contribution in [0.4, 0.5) is 4.39 Å². The van der Waals surface area contributed by atoms with Crippen molar-refractivity contribution in [1.29, 1.82) is 0 Å². The van der Waals surface area contributed by atoms with Crippen LogP contribution in [0.25, 0.3) is 0 Å². The fourth-order valence-corrected chi connectivity index (χ4v) is 2.02. The Morgan fingerprint density at radius 3 is 2.89 bits per heavy atom. The van der Waals surface area contributed by atoms with Gasteiger partial charge in [0.15, 0.2) is 11.6 Å². The normalized spacial score (nSPS) is 15.4. The average Bonchev–Trinajstić information content (AvgIpc) is 2.67. The van der Waals surface area contributed by atoms with Crippen LogP contribution in [-0.2, 0) is 0 Å². The highest BCUT2D eigenvalue weighted by molar-refractivity contribution is 5.94. The number of ether oxygens (including phenoxy) is 1. The Hall–Kier alpha value is -1.33. The van der Waals surface area contributed by atoms with Crippen molar-refractivity contribution in [1.82, 2.24) is 10.2 Å². The van der Waals surface area contributed by atoms with Crippen molar-refractivity contribution in [2.24, 2.45) is 0 Å². The highest BCUT2D eigenvalue weighted by atomic mass is 35.5. The lowest BCUT2D eigenvalue weighted by Gasteiger charge is -2.20. The Morgan fingerprint density at radius 1 is 1.37 bits per heavy atom. The van der Waals surface area contributed by atoms with E-state index >= 15 is 0 Å². The fraction of sp³-hybridized carbons (Fsp3) is 0.462. The van der Waals surface area contributed by atoms with Crippen LogP contribution < -0.4 is 10.1 Å². The third-order valence-corrected chi connectivity index (χ3v) is 3.03. The predicted octanol–water partition coefficient (Wildman–Crippen LogP) is 1.69. The number of rotatable bonds is 2. The van der Waals surface area contributed by atoms with Crippen LogP contribution in [-0.4, -0.2) is 44.1 Å². The van der Waals surface area contributed by atoms with E-state index in [-0.39, 0.29) is 24.1 Å². The summed E-state index contributed by atoms with van der Waals surface area (Å²) < 4.78 is 18.2. The van der Waals surface area contributed by atoms with E-state index in [0.29, 0.717) is 12.1 Å². The molecule has 1 heterocycles. The van der Waals surface area contributed by atoms with Crippen LogP contribution in [0.2, 0.25) is 0 Å². The van der Waals surface area contributed by atoms with Crippen LogP contribution in [0, 0.1) is 5.82 Å². The third kappa shape index (κ3) is 3.81. The van der Waals surface area contributed by atoms with E-state index in [4.69, 9.17) is 4.74 Å². The van der Waals surface area contributed by atoms with Crippen molar-refractivity contribution in [2.45, 2.75) is 6.42 Å². The molecule has 0 bridgehead atoms. The molecule has 106 valence electrons. The molecule has 6 heteroatoms. The molecule has 0 aliphatic carbocycles. The number of carbonyl (C=O) groups is 1. The Balaban J connectivity index is 0.00000180. The van der Waals surface area contributed by atoms with Gasteiger partial charge in [-0.05, 0) is 31.2 Å². The zero-order chi connectivity index (χ0) is 13.0. The summed E-state index contributed by atoms with van der Waals surface area (Å²) in [4.78, 5) is 14.0. The molecule has 0 spiro atoms. The van der Waals surface area contributed by atoms with Crippen LogP contribution >= 0.6 is 12.4 Å². The van der Waals surface area contributed by atoms with E-state index in [0.717, 1.165) is 26.1 Å².